The first-order valence-corrected chi connectivity index (χ1v) is 23.3. The fourth-order valence-electron chi connectivity index (χ4n) is 8.72. The van der Waals surface area contributed by atoms with Crippen molar-refractivity contribution in [3.63, 3.8) is 0 Å². The van der Waals surface area contributed by atoms with Gasteiger partial charge in [-0.1, -0.05) is 140 Å². The van der Waals surface area contributed by atoms with Crippen LogP contribution < -0.4 is 0 Å². The standard InChI is InChI=1S/2C19H18N4O.C18H16N4O/c1-22-15(13-24)11-17(20-22)19-16-9-5-6-10-18(16)23(21-19)12-14-7-3-2-4-8-14;1-22-18(11-15(13-24)20-22)19-16-9-5-6-10-17(16)23(21-19)12-14-7-3-2-4-8-14;23-12-15-11-21(13-19-15)18-16-8-4-5-9-17(16)22(20-18)10-14-6-2-1-3-7-14/h2*2-11,24H,12-13H2,1H3;1-9,11,13,23H,10,12H2. The molecule has 0 saturated carbocycles. The van der Waals surface area contributed by atoms with E-state index in [2.05, 4.69) is 88.0 Å². The topological polar surface area (TPSA) is 168 Å². The number of aryl methyl sites for hydroxylation is 2. The Bertz CT molecular complexity index is 3680. The second kappa shape index (κ2) is 20.9. The van der Waals surface area contributed by atoms with Gasteiger partial charge < -0.3 is 15.3 Å². The minimum absolute atomic E-state index is 0.0356. The second-order valence-corrected chi connectivity index (χ2v) is 17.0. The number of para-hydroxylation sites is 3. The van der Waals surface area contributed by atoms with Crippen LogP contribution in [0.15, 0.2) is 188 Å². The molecule has 0 aliphatic carbocycles. The number of hydrogen-bond donors (Lipinski definition) is 3. The third-order valence-corrected chi connectivity index (χ3v) is 12.2. The molecule has 3 N–H and O–H groups in total. The van der Waals surface area contributed by atoms with Gasteiger partial charge in [0.1, 0.15) is 23.4 Å². The average molecular weight is 941 g/mol. The number of aromatic nitrogens is 12. The Morgan fingerprint density at radius 3 is 1.38 bits per heavy atom. The Morgan fingerprint density at radius 2 is 0.887 bits per heavy atom. The molecule has 0 atom stereocenters. The third kappa shape index (κ3) is 9.91. The maximum absolute atomic E-state index is 9.41. The van der Waals surface area contributed by atoms with E-state index in [1.54, 1.807) is 15.7 Å². The number of benzene rings is 6. The average Bonchev–Trinajstić information content (AvgIpc) is 4.30. The van der Waals surface area contributed by atoms with Gasteiger partial charge in [0, 0.05) is 36.5 Å². The van der Waals surface area contributed by atoms with Crippen LogP contribution in [0.2, 0.25) is 0 Å². The first kappa shape index (κ1) is 46.0. The monoisotopic (exact) mass is 940 g/mol. The summed E-state index contributed by atoms with van der Waals surface area (Å²) in [6, 6.07) is 59.1. The Balaban J connectivity index is 0.000000123. The quantitative estimate of drug-likeness (QED) is 0.109. The molecule has 6 heterocycles. The minimum Gasteiger partial charge on any atom is -0.390 e. The van der Waals surface area contributed by atoms with Crippen LogP contribution in [-0.4, -0.2) is 73.8 Å². The first-order chi connectivity index (χ1) is 34.9. The molecule has 0 radical (unpaired) electrons. The lowest BCUT2D eigenvalue weighted by atomic mass is 10.1. The molecule has 0 fully saturated rings. The highest BCUT2D eigenvalue weighted by atomic mass is 16.3. The van der Waals surface area contributed by atoms with Gasteiger partial charge in [0.15, 0.2) is 5.82 Å². The van der Waals surface area contributed by atoms with E-state index in [-0.39, 0.29) is 19.8 Å². The van der Waals surface area contributed by atoms with Crippen molar-refractivity contribution in [2.45, 2.75) is 39.5 Å². The number of nitrogens with zero attached hydrogens (tertiary/aromatic N) is 12. The zero-order chi connectivity index (χ0) is 48.7. The Kier molecular flexibility index (Phi) is 13.5. The van der Waals surface area contributed by atoms with Crippen molar-refractivity contribution in [2.75, 3.05) is 0 Å². The second-order valence-electron chi connectivity index (χ2n) is 17.0. The molecule has 15 heteroatoms. The molecule has 12 rings (SSSR count). The molecule has 0 bridgehead atoms. The van der Waals surface area contributed by atoms with Crippen molar-refractivity contribution in [3.8, 4) is 28.6 Å². The summed E-state index contributed by atoms with van der Waals surface area (Å²) in [5.74, 6) is 0.823. The number of aliphatic hydroxyl groups excluding tert-OH is 3. The number of fused-ring (bicyclic) bond motifs is 3. The summed E-state index contributed by atoms with van der Waals surface area (Å²) in [7, 11) is 3.71. The maximum Gasteiger partial charge on any atom is 0.167 e. The van der Waals surface area contributed by atoms with Crippen molar-refractivity contribution >= 4 is 32.7 Å². The van der Waals surface area contributed by atoms with Crippen molar-refractivity contribution in [1.29, 1.82) is 0 Å². The normalized spacial score (nSPS) is 11.2. The molecule has 0 aliphatic rings. The van der Waals surface area contributed by atoms with Crippen LogP contribution >= 0.6 is 0 Å². The molecule has 0 aliphatic heterocycles. The van der Waals surface area contributed by atoms with Crippen LogP contribution in [0.4, 0.5) is 0 Å². The lowest BCUT2D eigenvalue weighted by Gasteiger charge is -2.03. The van der Waals surface area contributed by atoms with Gasteiger partial charge in [0.2, 0.25) is 0 Å². The van der Waals surface area contributed by atoms with E-state index in [4.69, 9.17) is 15.3 Å². The van der Waals surface area contributed by atoms with E-state index in [9.17, 15) is 15.3 Å². The molecule has 12 aromatic rings. The van der Waals surface area contributed by atoms with Crippen LogP contribution in [0.3, 0.4) is 0 Å². The summed E-state index contributed by atoms with van der Waals surface area (Å²) in [5, 5.41) is 54.4. The van der Waals surface area contributed by atoms with Gasteiger partial charge in [0.25, 0.3) is 0 Å². The summed E-state index contributed by atoms with van der Waals surface area (Å²) in [5.41, 5.74) is 12.3. The molecule has 15 nitrogen and oxygen atoms in total. The van der Waals surface area contributed by atoms with E-state index in [0.29, 0.717) is 31.0 Å². The van der Waals surface area contributed by atoms with Gasteiger partial charge in [-0.2, -0.15) is 25.5 Å². The molecule has 6 aromatic carbocycles. The lowest BCUT2D eigenvalue weighted by molar-refractivity contribution is 0.270. The molecule has 354 valence electrons. The SMILES string of the molecule is Cn1nc(-c2nn(Cc3ccccc3)c3ccccc23)cc1CO.Cn1nc(CO)cc1-c1nn(Cc2ccccc2)c2ccccc12.OCc1cn(-c2nn(Cc3ccccc3)c3ccccc23)cn1. The fourth-order valence-corrected chi connectivity index (χ4v) is 8.72. The van der Waals surface area contributed by atoms with Gasteiger partial charge in [-0.05, 0) is 53.1 Å². The molecule has 0 saturated heterocycles. The summed E-state index contributed by atoms with van der Waals surface area (Å²) in [4.78, 5) is 4.17. The van der Waals surface area contributed by atoms with Gasteiger partial charge >= 0.3 is 0 Å². The molecule has 0 amide bonds. The predicted molar refractivity (Wildman–Crippen MR) is 275 cm³/mol. The highest BCUT2D eigenvalue weighted by molar-refractivity contribution is 5.93. The third-order valence-electron chi connectivity index (χ3n) is 12.2. The van der Waals surface area contributed by atoms with Crippen LogP contribution in [0.25, 0.3) is 61.3 Å². The lowest BCUT2D eigenvalue weighted by Crippen LogP contribution is -2.02. The number of hydrogen-bond acceptors (Lipinski definition) is 9. The summed E-state index contributed by atoms with van der Waals surface area (Å²) >= 11 is 0. The maximum atomic E-state index is 9.41. The van der Waals surface area contributed by atoms with E-state index < -0.39 is 0 Å². The molecule has 6 aromatic heterocycles. The largest absolute Gasteiger partial charge is 0.390 e. The summed E-state index contributed by atoms with van der Waals surface area (Å²) in [6.45, 7) is 1.95. The van der Waals surface area contributed by atoms with Gasteiger partial charge in [-0.15, -0.1) is 0 Å². The highest BCUT2D eigenvalue weighted by Gasteiger charge is 2.18. The zero-order valence-corrected chi connectivity index (χ0v) is 39.3. The predicted octanol–water partition coefficient (Wildman–Crippen LogP) is 8.72. The number of rotatable bonds is 12. The summed E-state index contributed by atoms with van der Waals surface area (Å²) < 4.78 is 11.3. The van der Waals surface area contributed by atoms with E-state index in [0.717, 1.165) is 67.0 Å². The zero-order valence-electron chi connectivity index (χ0n) is 39.3. The molecule has 71 heavy (non-hydrogen) atoms. The summed E-state index contributed by atoms with van der Waals surface area (Å²) in [6.07, 6.45) is 3.49. The van der Waals surface area contributed by atoms with Crippen LogP contribution in [0.5, 0.6) is 0 Å². The van der Waals surface area contributed by atoms with Crippen LogP contribution in [-0.2, 0) is 53.6 Å². The van der Waals surface area contributed by atoms with Gasteiger partial charge in [0.05, 0.1) is 78.8 Å². The van der Waals surface area contributed by atoms with Crippen LogP contribution in [0, 0.1) is 0 Å². The van der Waals surface area contributed by atoms with Crippen molar-refractivity contribution in [2.24, 2.45) is 14.1 Å². The Labute approximate surface area is 409 Å². The molecule has 0 spiro atoms. The van der Waals surface area contributed by atoms with Crippen LogP contribution in [0.1, 0.15) is 33.8 Å². The van der Waals surface area contributed by atoms with Crippen molar-refractivity contribution in [1.82, 2.24) is 58.5 Å². The minimum atomic E-state index is -0.0738. The first-order valence-electron chi connectivity index (χ1n) is 23.3. The highest BCUT2D eigenvalue weighted by Crippen LogP contribution is 2.30. The van der Waals surface area contributed by atoms with Crippen molar-refractivity contribution < 1.29 is 15.3 Å². The van der Waals surface area contributed by atoms with Crippen molar-refractivity contribution in [3.05, 3.63) is 222 Å². The van der Waals surface area contributed by atoms with E-state index in [1.807, 2.05) is 142 Å². The smallest absolute Gasteiger partial charge is 0.167 e. The molecular weight excluding hydrogens is 889 g/mol. The number of imidazole rings is 1. The fraction of sp³-hybridized carbons (Fsp3) is 0.143. The van der Waals surface area contributed by atoms with Gasteiger partial charge in [-0.25, -0.2) is 4.98 Å². The Morgan fingerprint density at radius 1 is 0.423 bits per heavy atom. The Hall–Kier alpha value is -8.76. The van der Waals surface area contributed by atoms with Gasteiger partial charge in [-0.3, -0.25) is 28.0 Å². The van der Waals surface area contributed by atoms with E-state index in [1.165, 1.54) is 16.7 Å². The number of aliphatic hydroxyl groups is 3. The molecular formula is C56H52N12O3. The van der Waals surface area contributed by atoms with E-state index >= 15 is 0 Å². The molecule has 0 unspecified atom stereocenters.